The molecule has 64 valence electrons. The molecule has 0 saturated heterocycles. The Morgan fingerprint density at radius 1 is 1.75 bits per heavy atom. The molecule has 0 saturated carbocycles. The molecule has 1 aromatic heterocycles. The van der Waals surface area contributed by atoms with Gasteiger partial charge in [0.15, 0.2) is 6.07 Å². The highest BCUT2D eigenvalue weighted by Gasteiger charge is 2.09. The van der Waals surface area contributed by atoms with E-state index in [0.29, 0.717) is 0 Å². The van der Waals surface area contributed by atoms with Gasteiger partial charge in [-0.05, 0) is 6.07 Å². The summed E-state index contributed by atoms with van der Waals surface area (Å²) in [6.45, 7) is 0. The van der Waals surface area contributed by atoms with Gasteiger partial charge in [0.1, 0.15) is 11.3 Å². The zero-order chi connectivity index (χ0) is 8.97. The molecule has 4 nitrogen and oxygen atoms in total. The van der Waals surface area contributed by atoms with Crippen LogP contribution in [-0.2, 0) is 0 Å². The quantitative estimate of drug-likeness (QED) is 0.726. The number of carboxylic acid groups (broad SMARTS) is 1. The predicted octanol–water partition coefficient (Wildman–Crippen LogP) is 1.35. The zero-order valence-electron chi connectivity index (χ0n) is 6.03. The van der Waals surface area contributed by atoms with Gasteiger partial charge in [-0.1, -0.05) is 11.6 Å². The molecular formula is C7H6ClNO3. The summed E-state index contributed by atoms with van der Waals surface area (Å²) in [6, 6.07) is 1.37. The summed E-state index contributed by atoms with van der Waals surface area (Å²) in [6.07, 6.45) is 2.65. The van der Waals surface area contributed by atoms with Crippen molar-refractivity contribution in [2.75, 3.05) is 6.07 Å². The maximum atomic E-state index is 10.5. The smallest absolute Gasteiger partial charge is 0.341 e. The normalized spacial score (nSPS) is 9.42. The van der Waals surface area contributed by atoms with Crippen molar-refractivity contribution in [2.45, 2.75) is 0 Å². The summed E-state index contributed by atoms with van der Waals surface area (Å²) in [4.78, 5) is 14.2. The summed E-state index contributed by atoms with van der Waals surface area (Å²) < 4.78 is 4.84. The minimum Gasteiger partial charge on any atom is -0.477 e. The third-order valence-corrected chi connectivity index (χ3v) is 1.33. The first-order valence-electron chi connectivity index (χ1n) is 3.11. The Morgan fingerprint density at radius 2 is 2.50 bits per heavy atom. The minimum absolute atomic E-state index is 0.0122. The molecule has 0 atom stereocenters. The maximum Gasteiger partial charge on any atom is 0.341 e. The molecule has 1 aromatic rings. The van der Waals surface area contributed by atoms with Gasteiger partial charge in [-0.25, -0.2) is 4.79 Å². The van der Waals surface area contributed by atoms with E-state index in [1.165, 1.54) is 18.5 Å². The Morgan fingerprint density at radius 3 is 3.08 bits per heavy atom. The lowest BCUT2D eigenvalue weighted by Gasteiger charge is -2.03. The highest BCUT2D eigenvalue weighted by Crippen LogP contribution is 2.16. The number of carboxylic acids is 1. The molecule has 1 heterocycles. The maximum absolute atomic E-state index is 10.5. The number of pyridine rings is 1. The van der Waals surface area contributed by atoms with E-state index in [2.05, 4.69) is 4.98 Å². The fourth-order valence-corrected chi connectivity index (χ4v) is 0.844. The van der Waals surface area contributed by atoms with Crippen LogP contribution in [0.1, 0.15) is 10.4 Å². The van der Waals surface area contributed by atoms with Gasteiger partial charge in [0.2, 0.25) is 0 Å². The summed E-state index contributed by atoms with van der Waals surface area (Å²) in [5.74, 6) is -0.851. The summed E-state index contributed by atoms with van der Waals surface area (Å²) >= 11 is 5.28. The fourth-order valence-electron chi connectivity index (χ4n) is 0.727. The molecule has 0 aromatic carbocycles. The number of aromatic carboxylic acids is 1. The van der Waals surface area contributed by atoms with Crippen molar-refractivity contribution in [2.24, 2.45) is 0 Å². The molecule has 0 fully saturated rings. The average Bonchev–Trinajstić information content (AvgIpc) is 2.05. The molecule has 0 spiro atoms. The minimum atomic E-state index is -1.08. The highest BCUT2D eigenvalue weighted by atomic mass is 35.5. The molecular weight excluding hydrogens is 182 g/mol. The first kappa shape index (κ1) is 8.80. The predicted molar refractivity (Wildman–Crippen MR) is 42.5 cm³/mol. The van der Waals surface area contributed by atoms with Crippen molar-refractivity contribution in [1.29, 1.82) is 0 Å². The van der Waals surface area contributed by atoms with E-state index in [4.69, 9.17) is 21.4 Å². The SMILES string of the molecule is O=C(O)c1cnccc1OCCl. The summed E-state index contributed by atoms with van der Waals surface area (Å²) in [7, 11) is 0. The Balaban J connectivity index is 3.00. The molecule has 5 heteroatoms. The van der Waals surface area contributed by atoms with E-state index >= 15 is 0 Å². The lowest BCUT2D eigenvalue weighted by molar-refractivity contribution is 0.0692. The van der Waals surface area contributed by atoms with E-state index < -0.39 is 5.97 Å². The molecule has 0 aliphatic rings. The second-order valence-electron chi connectivity index (χ2n) is 1.93. The number of alkyl halides is 1. The summed E-state index contributed by atoms with van der Waals surface area (Å²) in [5.41, 5.74) is 0.0122. The van der Waals surface area contributed by atoms with Crippen LogP contribution in [0.5, 0.6) is 5.75 Å². The van der Waals surface area contributed by atoms with Crippen molar-refractivity contribution in [1.82, 2.24) is 4.98 Å². The first-order valence-corrected chi connectivity index (χ1v) is 3.65. The van der Waals surface area contributed by atoms with Crippen molar-refractivity contribution >= 4 is 17.6 Å². The lowest BCUT2D eigenvalue weighted by atomic mass is 10.2. The largest absolute Gasteiger partial charge is 0.477 e. The molecule has 0 aliphatic heterocycles. The van der Waals surface area contributed by atoms with E-state index in [1.54, 1.807) is 0 Å². The van der Waals surface area contributed by atoms with Crippen LogP contribution in [0.15, 0.2) is 18.5 Å². The average molecular weight is 188 g/mol. The van der Waals surface area contributed by atoms with Crippen LogP contribution in [0.25, 0.3) is 0 Å². The van der Waals surface area contributed by atoms with Crippen molar-refractivity contribution in [3.63, 3.8) is 0 Å². The van der Waals surface area contributed by atoms with Gasteiger partial charge in [0, 0.05) is 12.4 Å². The topological polar surface area (TPSA) is 59.4 Å². The van der Waals surface area contributed by atoms with Crippen molar-refractivity contribution in [3.8, 4) is 5.75 Å². The monoisotopic (exact) mass is 187 g/mol. The van der Waals surface area contributed by atoms with Gasteiger partial charge in [0.25, 0.3) is 0 Å². The summed E-state index contributed by atoms with van der Waals surface area (Å²) in [5, 5.41) is 8.63. The molecule has 1 rings (SSSR count). The highest BCUT2D eigenvalue weighted by molar-refractivity contribution is 6.17. The molecule has 12 heavy (non-hydrogen) atoms. The first-order chi connectivity index (χ1) is 5.75. The second-order valence-corrected chi connectivity index (χ2v) is 2.15. The fraction of sp³-hybridized carbons (Fsp3) is 0.143. The van der Waals surface area contributed by atoms with E-state index in [1.807, 2.05) is 0 Å². The van der Waals surface area contributed by atoms with Gasteiger partial charge in [0.05, 0.1) is 0 Å². The lowest BCUT2D eigenvalue weighted by Crippen LogP contribution is -2.02. The Labute approximate surface area is 73.8 Å². The number of nitrogens with zero attached hydrogens (tertiary/aromatic N) is 1. The molecule has 0 amide bonds. The van der Waals surface area contributed by atoms with Gasteiger partial charge >= 0.3 is 5.97 Å². The van der Waals surface area contributed by atoms with Crippen LogP contribution in [-0.4, -0.2) is 22.1 Å². The zero-order valence-corrected chi connectivity index (χ0v) is 6.78. The van der Waals surface area contributed by atoms with E-state index in [9.17, 15) is 4.79 Å². The molecule has 0 radical (unpaired) electrons. The van der Waals surface area contributed by atoms with Crippen LogP contribution in [0.3, 0.4) is 0 Å². The van der Waals surface area contributed by atoms with Crippen molar-refractivity contribution in [3.05, 3.63) is 24.0 Å². The number of rotatable bonds is 3. The van der Waals surface area contributed by atoms with Crippen LogP contribution in [0, 0.1) is 0 Å². The van der Waals surface area contributed by atoms with Crippen LogP contribution >= 0.6 is 11.6 Å². The number of hydrogen-bond acceptors (Lipinski definition) is 3. The van der Waals surface area contributed by atoms with Gasteiger partial charge in [-0.15, -0.1) is 0 Å². The van der Waals surface area contributed by atoms with Crippen molar-refractivity contribution < 1.29 is 14.6 Å². The number of hydrogen-bond donors (Lipinski definition) is 1. The number of aromatic nitrogens is 1. The number of carbonyl (C=O) groups is 1. The Kier molecular flexibility index (Phi) is 2.88. The third-order valence-electron chi connectivity index (χ3n) is 1.22. The standard InChI is InChI=1S/C7H6ClNO3/c8-4-12-6-1-2-9-3-5(6)7(10)11/h1-3H,4H2,(H,10,11). The molecule has 0 bridgehead atoms. The second kappa shape index (κ2) is 3.92. The number of halogens is 1. The molecule has 0 unspecified atom stereocenters. The van der Waals surface area contributed by atoms with Gasteiger partial charge in [-0.3, -0.25) is 4.98 Å². The Bertz CT molecular complexity index is 290. The van der Waals surface area contributed by atoms with E-state index in [0.717, 1.165) is 0 Å². The van der Waals surface area contributed by atoms with Crippen LogP contribution < -0.4 is 4.74 Å². The third kappa shape index (κ3) is 1.85. The Hall–Kier alpha value is -1.29. The van der Waals surface area contributed by atoms with Gasteiger partial charge < -0.3 is 9.84 Å². The molecule has 1 N–H and O–H groups in total. The van der Waals surface area contributed by atoms with Gasteiger partial charge in [-0.2, -0.15) is 0 Å². The van der Waals surface area contributed by atoms with E-state index in [-0.39, 0.29) is 17.4 Å². The molecule has 0 aliphatic carbocycles. The van der Waals surface area contributed by atoms with Crippen LogP contribution in [0.4, 0.5) is 0 Å². The van der Waals surface area contributed by atoms with Crippen LogP contribution in [0.2, 0.25) is 0 Å². The number of ether oxygens (including phenoxy) is 1.